The molecule has 0 spiro atoms. The molecule has 0 aliphatic rings. The monoisotopic (exact) mass is 175 g/mol. The van der Waals surface area contributed by atoms with Gasteiger partial charge >= 0.3 is 0 Å². The van der Waals surface area contributed by atoms with E-state index in [-0.39, 0.29) is 0 Å². The van der Waals surface area contributed by atoms with Gasteiger partial charge in [-0.25, -0.2) is 9.97 Å². The molecule has 5 nitrogen and oxygen atoms in total. The largest absolute Gasteiger partial charge is 0.323 e. The van der Waals surface area contributed by atoms with E-state index < -0.39 is 0 Å². The number of hydrogen-bond donors (Lipinski definition) is 1. The molecule has 0 aliphatic carbocycles. The molecule has 2 aromatic rings. The summed E-state index contributed by atoms with van der Waals surface area (Å²) in [7, 11) is 1.87. The van der Waals surface area contributed by atoms with Gasteiger partial charge < -0.3 is 5.32 Å². The van der Waals surface area contributed by atoms with Crippen LogP contribution >= 0.6 is 0 Å². The van der Waals surface area contributed by atoms with Crippen LogP contribution in [0.2, 0.25) is 0 Å². The third-order valence-corrected chi connectivity index (χ3v) is 1.55. The summed E-state index contributed by atoms with van der Waals surface area (Å²) in [6.45, 7) is 0. The van der Waals surface area contributed by atoms with Crippen molar-refractivity contribution in [2.75, 3.05) is 5.32 Å². The lowest BCUT2D eigenvalue weighted by Gasteiger charge is -1.98. The zero-order chi connectivity index (χ0) is 9.10. The minimum Gasteiger partial charge on any atom is -0.323 e. The van der Waals surface area contributed by atoms with E-state index in [1.54, 1.807) is 16.9 Å². The van der Waals surface area contributed by atoms with Gasteiger partial charge in [-0.15, -0.1) is 0 Å². The quantitative estimate of drug-likeness (QED) is 0.738. The Bertz CT molecular complexity index is 380. The van der Waals surface area contributed by atoms with Crippen LogP contribution in [0.3, 0.4) is 0 Å². The lowest BCUT2D eigenvalue weighted by Crippen LogP contribution is -1.95. The van der Waals surface area contributed by atoms with Crippen LogP contribution in [0.4, 0.5) is 11.6 Å². The predicted molar refractivity (Wildman–Crippen MR) is 48.5 cm³/mol. The van der Waals surface area contributed by atoms with Crippen LogP contribution in [0.15, 0.2) is 30.9 Å². The number of rotatable bonds is 2. The van der Waals surface area contributed by atoms with Crippen molar-refractivity contribution < 1.29 is 0 Å². The zero-order valence-electron chi connectivity index (χ0n) is 7.18. The number of anilines is 2. The normalized spacial score (nSPS) is 9.92. The average Bonchev–Trinajstić information content (AvgIpc) is 2.53. The van der Waals surface area contributed by atoms with Gasteiger partial charge in [0.2, 0.25) is 0 Å². The Morgan fingerprint density at radius 2 is 2.23 bits per heavy atom. The average molecular weight is 175 g/mol. The molecule has 2 heterocycles. The summed E-state index contributed by atoms with van der Waals surface area (Å²) in [5, 5.41) is 7.19. The van der Waals surface area contributed by atoms with Crippen molar-refractivity contribution in [3.05, 3.63) is 30.9 Å². The van der Waals surface area contributed by atoms with Crippen molar-refractivity contribution in [3.8, 4) is 0 Å². The number of aryl methyl sites for hydroxylation is 1. The maximum atomic E-state index is 4.15. The van der Waals surface area contributed by atoms with E-state index in [0.717, 1.165) is 11.6 Å². The molecule has 2 aromatic heterocycles. The van der Waals surface area contributed by atoms with Crippen LogP contribution < -0.4 is 5.32 Å². The van der Waals surface area contributed by atoms with Crippen LogP contribution in [0, 0.1) is 0 Å². The number of hydrogen-bond acceptors (Lipinski definition) is 4. The number of nitrogens with zero attached hydrogens (tertiary/aromatic N) is 4. The molecule has 0 fully saturated rings. The van der Waals surface area contributed by atoms with E-state index in [1.807, 2.05) is 19.3 Å². The molecule has 5 heteroatoms. The highest BCUT2D eigenvalue weighted by atomic mass is 15.3. The van der Waals surface area contributed by atoms with Crippen LogP contribution in [0.5, 0.6) is 0 Å². The second kappa shape index (κ2) is 3.22. The highest BCUT2D eigenvalue weighted by Crippen LogP contribution is 2.08. The molecule has 0 bridgehead atoms. The van der Waals surface area contributed by atoms with E-state index in [2.05, 4.69) is 20.4 Å². The van der Waals surface area contributed by atoms with Gasteiger partial charge in [0, 0.05) is 25.5 Å². The molecule has 1 N–H and O–H groups in total. The Labute approximate surface area is 75.4 Å². The summed E-state index contributed by atoms with van der Waals surface area (Å²) < 4.78 is 1.73. The molecule has 0 saturated carbocycles. The maximum absolute atomic E-state index is 4.15. The van der Waals surface area contributed by atoms with Crippen LogP contribution in [0.25, 0.3) is 0 Å². The second-order valence-electron chi connectivity index (χ2n) is 2.59. The summed E-state index contributed by atoms with van der Waals surface area (Å²) >= 11 is 0. The summed E-state index contributed by atoms with van der Waals surface area (Å²) in [6.07, 6.45) is 5.03. The third-order valence-electron chi connectivity index (χ3n) is 1.55. The van der Waals surface area contributed by atoms with Crippen LogP contribution in [-0.4, -0.2) is 19.7 Å². The molecule has 0 atom stereocenters. The number of nitrogens with one attached hydrogen (secondary N) is 1. The Kier molecular flexibility index (Phi) is 1.91. The van der Waals surface area contributed by atoms with E-state index in [1.165, 1.54) is 6.33 Å². The van der Waals surface area contributed by atoms with E-state index >= 15 is 0 Å². The molecular weight excluding hydrogens is 166 g/mol. The third kappa shape index (κ3) is 1.81. The van der Waals surface area contributed by atoms with Gasteiger partial charge in [0.05, 0.1) is 0 Å². The molecule has 0 saturated heterocycles. The SMILES string of the molecule is Cn1ccc(Nc2ccncn2)n1. The van der Waals surface area contributed by atoms with Crippen LogP contribution in [-0.2, 0) is 7.05 Å². The van der Waals surface area contributed by atoms with Gasteiger partial charge in [0.15, 0.2) is 5.82 Å². The fraction of sp³-hybridized carbons (Fsp3) is 0.125. The van der Waals surface area contributed by atoms with Gasteiger partial charge in [-0.3, -0.25) is 4.68 Å². The van der Waals surface area contributed by atoms with Gasteiger partial charge in [0.25, 0.3) is 0 Å². The molecule has 0 amide bonds. The van der Waals surface area contributed by atoms with Gasteiger partial charge in [-0.05, 0) is 6.07 Å². The van der Waals surface area contributed by atoms with Gasteiger partial charge in [-0.1, -0.05) is 0 Å². The molecule has 0 aliphatic heterocycles. The van der Waals surface area contributed by atoms with Gasteiger partial charge in [-0.2, -0.15) is 5.10 Å². The van der Waals surface area contributed by atoms with Crippen molar-refractivity contribution in [1.82, 2.24) is 19.7 Å². The second-order valence-corrected chi connectivity index (χ2v) is 2.59. The standard InChI is InChI=1S/C8H9N5/c1-13-5-3-8(12-13)11-7-2-4-9-6-10-7/h2-6H,1H3,(H,9,10,11,12). The minimum atomic E-state index is 0.744. The van der Waals surface area contributed by atoms with Crippen molar-refractivity contribution in [1.29, 1.82) is 0 Å². The molecule has 66 valence electrons. The van der Waals surface area contributed by atoms with Crippen LogP contribution in [0.1, 0.15) is 0 Å². The minimum absolute atomic E-state index is 0.744. The van der Waals surface area contributed by atoms with Gasteiger partial charge in [0.1, 0.15) is 12.1 Å². The maximum Gasteiger partial charge on any atom is 0.153 e. The zero-order valence-corrected chi connectivity index (χ0v) is 7.18. The molecule has 13 heavy (non-hydrogen) atoms. The summed E-state index contributed by atoms with van der Waals surface area (Å²) in [6, 6.07) is 3.66. The van der Waals surface area contributed by atoms with E-state index in [0.29, 0.717) is 0 Å². The van der Waals surface area contributed by atoms with E-state index in [4.69, 9.17) is 0 Å². The Balaban J connectivity index is 2.15. The highest BCUT2D eigenvalue weighted by molar-refractivity contribution is 5.49. The lowest BCUT2D eigenvalue weighted by molar-refractivity contribution is 0.771. The van der Waals surface area contributed by atoms with E-state index in [9.17, 15) is 0 Å². The lowest BCUT2D eigenvalue weighted by atomic mass is 10.5. The molecular formula is C8H9N5. The first-order chi connectivity index (χ1) is 6.34. The first-order valence-electron chi connectivity index (χ1n) is 3.87. The fourth-order valence-electron chi connectivity index (χ4n) is 0.978. The molecule has 0 radical (unpaired) electrons. The van der Waals surface area contributed by atoms with Crippen molar-refractivity contribution >= 4 is 11.6 Å². The Hall–Kier alpha value is -1.91. The molecule has 2 rings (SSSR count). The smallest absolute Gasteiger partial charge is 0.153 e. The topological polar surface area (TPSA) is 55.6 Å². The first kappa shape index (κ1) is 7.72. The molecule has 0 unspecified atom stereocenters. The molecule has 0 aromatic carbocycles. The fourth-order valence-corrected chi connectivity index (χ4v) is 0.978. The number of aromatic nitrogens is 4. The summed E-state index contributed by atoms with van der Waals surface area (Å²) in [4.78, 5) is 7.83. The summed E-state index contributed by atoms with van der Waals surface area (Å²) in [5.74, 6) is 1.52. The summed E-state index contributed by atoms with van der Waals surface area (Å²) in [5.41, 5.74) is 0. The van der Waals surface area contributed by atoms with Crippen molar-refractivity contribution in [2.45, 2.75) is 0 Å². The Morgan fingerprint density at radius 3 is 2.85 bits per heavy atom. The van der Waals surface area contributed by atoms with Crippen molar-refractivity contribution in [2.24, 2.45) is 7.05 Å². The van der Waals surface area contributed by atoms with Crippen molar-refractivity contribution in [3.63, 3.8) is 0 Å². The highest BCUT2D eigenvalue weighted by Gasteiger charge is 1.96. The Morgan fingerprint density at radius 1 is 1.31 bits per heavy atom. The predicted octanol–water partition coefficient (Wildman–Crippen LogP) is 0.954. The first-order valence-corrected chi connectivity index (χ1v) is 3.87.